The smallest absolute Gasteiger partial charge is 0.0794 e. The number of hydrogen-bond acceptors (Lipinski definition) is 4. The summed E-state index contributed by atoms with van der Waals surface area (Å²) in [5, 5.41) is 6.91. The molecular formula is C11H21N3S. The summed E-state index contributed by atoms with van der Waals surface area (Å²) in [6.07, 6.45) is 1.92. The Morgan fingerprint density at radius 2 is 2.13 bits per heavy atom. The van der Waals surface area contributed by atoms with Gasteiger partial charge in [0.25, 0.3) is 0 Å². The maximum atomic E-state index is 4.05. The topological polar surface area (TPSA) is 37.0 Å². The maximum absolute atomic E-state index is 4.05. The summed E-state index contributed by atoms with van der Waals surface area (Å²) in [5.74, 6) is 0.721. The zero-order chi connectivity index (χ0) is 11.1. The number of nitrogens with zero attached hydrogens (tertiary/aromatic N) is 1. The first kappa shape index (κ1) is 12.6. The lowest BCUT2D eigenvalue weighted by molar-refractivity contribution is 0.473. The Balaban J connectivity index is 2.06. The highest BCUT2D eigenvalue weighted by Crippen LogP contribution is 2.04. The van der Waals surface area contributed by atoms with E-state index in [1.165, 1.54) is 4.88 Å². The van der Waals surface area contributed by atoms with Gasteiger partial charge in [-0.1, -0.05) is 13.8 Å². The molecule has 0 saturated heterocycles. The second-order valence-corrected chi connectivity index (χ2v) is 5.27. The zero-order valence-corrected chi connectivity index (χ0v) is 10.6. The number of nitrogens with one attached hydrogen (secondary N) is 2. The Morgan fingerprint density at radius 1 is 1.33 bits per heavy atom. The summed E-state index contributed by atoms with van der Waals surface area (Å²) >= 11 is 1.70. The molecule has 86 valence electrons. The van der Waals surface area contributed by atoms with Gasteiger partial charge in [-0.05, 0) is 19.4 Å². The Hall–Kier alpha value is -0.450. The molecule has 0 aliphatic rings. The van der Waals surface area contributed by atoms with E-state index in [1.54, 1.807) is 11.3 Å². The summed E-state index contributed by atoms with van der Waals surface area (Å²) in [6, 6.07) is 0.505. The average Bonchev–Trinajstić information content (AvgIpc) is 2.66. The van der Waals surface area contributed by atoms with Gasteiger partial charge in [-0.15, -0.1) is 11.3 Å². The van der Waals surface area contributed by atoms with Gasteiger partial charge >= 0.3 is 0 Å². The molecule has 1 unspecified atom stereocenters. The predicted molar refractivity (Wildman–Crippen MR) is 66.1 cm³/mol. The second-order valence-electron chi connectivity index (χ2n) is 4.30. The minimum absolute atomic E-state index is 0.505. The van der Waals surface area contributed by atoms with Gasteiger partial charge in [0.1, 0.15) is 0 Å². The quantitative estimate of drug-likeness (QED) is 0.746. The van der Waals surface area contributed by atoms with E-state index >= 15 is 0 Å². The highest BCUT2D eigenvalue weighted by Gasteiger charge is 2.02. The van der Waals surface area contributed by atoms with Crippen molar-refractivity contribution < 1.29 is 0 Å². The molecule has 15 heavy (non-hydrogen) atoms. The van der Waals surface area contributed by atoms with Crippen LogP contribution < -0.4 is 10.6 Å². The third-order valence-electron chi connectivity index (χ3n) is 2.11. The Morgan fingerprint density at radius 3 is 2.73 bits per heavy atom. The standard InChI is InChI=1S/C11H21N3S/c1-9(2)4-12-5-10(3)14-7-11-6-13-8-15-11/h6,8-10,12,14H,4-5,7H2,1-3H3. The van der Waals surface area contributed by atoms with Gasteiger partial charge in [0.2, 0.25) is 0 Å². The monoisotopic (exact) mass is 227 g/mol. The molecular weight excluding hydrogens is 206 g/mol. The van der Waals surface area contributed by atoms with Gasteiger partial charge in [-0.2, -0.15) is 0 Å². The molecule has 0 aromatic carbocycles. The van der Waals surface area contributed by atoms with Crippen molar-refractivity contribution in [1.82, 2.24) is 15.6 Å². The lowest BCUT2D eigenvalue weighted by Gasteiger charge is -2.15. The van der Waals surface area contributed by atoms with Gasteiger partial charge in [0.15, 0.2) is 0 Å². The molecule has 1 aromatic rings. The SMILES string of the molecule is CC(C)CNCC(C)NCc1cncs1. The molecule has 1 rings (SSSR count). The average molecular weight is 227 g/mol. The van der Waals surface area contributed by atoms with Crippen LogP contribution in [0.4, 0.5) is 0 Å². The van der Waals surface area contributed by atoms with E-state index in [1.807, 2.05) is 11.7 Å². The molecule has 1 atom stereocenters. The van der Waals surface area contributed by atoms with Crippen LogP contribution >= 0.6 is 11.3 Å². The van der Waals surface area contributed by atoms with E-state index in [-0.39, 0.29) is 0 Å². The first-order chi connectivity index (χ1) is 7.18. The first-order valence-electron chi connectivity index (χ1n) is 5.50. The minimum atomic E-state index is 0.505. The van der Waals surface area contributed by atoms with E-state index in [0.717, 1.165) is 25.6 Å². The summed E-state index contributed by atoms with van der Waals surface area (Å²) in [7, 11) is 0. The van der Waals surface area contributed by atoms with Gasteiger partial charge < -0.3 is 10.6 Å². The molecule has 0 amide bonds. The predicted octanol–water partition coefficient (Wildman–Crippen LogP) is 1.87. The second kappa shape index (κ2) is 6.93. The summed E-state index contributed by atoms with van der Waals surface area (Å²) in [5.41, 5.74) is 1.87. The van der Waals surface area contributed by atoms with Crippen LogP contribution in [-0.2, 0) is 6.54 Å². The molecule has 1 aromatic heterocycles. The molecule has 3 nitrogen and oxygen atoms in total. The lowest BCUT2D eigenvalue weighted by atomic mass is 10.2. The number of rotatable bonds is 7. The highest BCUT2D eigenvalue weighted by atomic mass is 32.1. The van der Waals surface area contributed by atoms with Crippen LogP contribution in [0.25, 0.3) is 0 Å². The van der Waals surface area contributed by atoms with Gasteiger partial charge in [0, 0.05) is 30.2 Å². The molecule has 0 aliphatic carbocycles. The molecule has 2 N–H and O–H groups in total. The molecule has 1 heterocycles. The van der Waals surface area contributed by atoms with Crippen molar-refractivity contribution in [1.29, 1.82) is 0 Å². The summed E-state index contributed by atoms with van der Waals surface area (Å²) in [4.78, 5) is 5.35. The number of hydrogen-bond donors (Lipinski definition) is 2. The van der Waals surface area contributed by atoms with Crippen molar-refractivity contribution in [3.05, 3.63) is 16.6 Å². The Labute approximate surface area is 96.3 Å². The van der Waals surface area contributed by atoms with Crippen LogP contribution in [0.3, 0.4) is 0 Å². The molecule has 0 spiro atoms. The largest absolute Gasteiger partial charge is 0.315 e. The fourth-order valence-electron chi connectivity index (χ4n) is 1.26. The Kier molecular flexibility index (Phi) is 5.83. The van der Waals surface area contributed by atoms with E-state index < -0.39 is 0 Å². The van der Waals surface area contributed by atoms with E-state index in [0.29, 0.717) is 6.04 Å². The summed E-state index contributed by atoms with van der Waals surface area (Å²) < 4.78 is 0. The van der Waals surface area contributed by atoms with Crippen molar-refractivity contribution >= 4 is 11.3 Å². The zero-order valence-electron chi connectivity index (χ0n) is 9.79. The first-order valence-corrected chi connectivity index (χ1v) is 6.38. The lowest BCUT2D eigenvalue weighted by Crippen LogP contribution is -2.37. The molecule has 0 aliphatic heterocycles. The third-order valence-corrected chi connectivity index (χ3v) is 2.89. The number of thiazole rings is 1. The molecule has 0 fully saturated rings. The minimum Gasteiger partial charge on any atom is -0.315 e. The molecule has 0 saturated carbocycles. The molecule has 0 radical (unpaired) electrons. The van der Waals surface area contributed by atoms with E-state index in [4.69, 9.17) is 0 Å². The summed E-state index contributed by atoms with van der Waals surface area (Å²) in [6.45, 7) is 9.69. The molecule has 0 bridgehead atoms. The highest BCUT2D eigenvalue weighted by molar-refractivity contribution is 7.09. The van der Waals surface area contributed by atoms with Crippen molar-refractivity contribution in [3.8, 4) is 0 Å². The van der Waals surface area contributed by atoms with Crippen LogP contribution in [0.2, 0.25) is 0 Å². The van der Waals surface area contributed by atoms with Gasteiger partial charge in [-0.25, -0.2) is 0 Å². The van der Waals surface area contributed by atoms with E-state index in [2.05, 4.69) is 36.4 Å². The van der Waals surface area contributed by atoms with Crippen molar-refractivity contribution in [3.63, 3.8) is 0 Å². The van der Waals surface area contributed by atoms with Gasteiger partial charge in [0.05, 0.1) is 5.51 Å². The maximum Gasteiger partial charge on any atom is 0.0794 e. The van der Waals surface area contributed by atoms with Crippen LogP contribution in [0.15, 0.2) is 11.7 Å². The third kappa shape index (κ3) is 5.87. The van der Waals surface area contributed by atoms with Crippen molar-refractivity contribution in [2.75, 3.05) is 13.1 Å². The van der Waals surface area contributed by atoms with E-state index in [9.17, 15) is 0 Å². The van der Waals surface area contributed by atoms with Crippen LogP contribution in [-0.4, -0.2) is 24.1 Å². The van der Waals surface area contributed by atoms with Gasteiger partial charge in [-0.3, -0.25) is 4.98 Å². The van der Waals surface area contributed by atoms with Crippen LogP contribution in [0, 0.1) is 5.92 Å². The normalized spacial score (nSPS) is 13.3. The number of aromatic nitrogens is 1. The van der Waals surface area contributed by atoms with Crippen molar-refractivity contribution in [2.24, 2.45) is 5.92 Å². The molecule has 4 heteroatoms. The Bertz CT molecular complexity index is 246. The fourth-order valence-corrected chi connectivity index (χ4v) is 1.81. The van der Waals surface area contributed by atoms with Crippen molar-refractivity contribution in [2.45, 2.75) is 33.4 Å². The fraction of sp³-hybridized carbons (Fsp3) is 0.727. The van der Waals surface area contributed by atoms with Crippen LogP contribution in [0.5, 0.6) is 0 Å². The van der Waals surface area contributed by atoms with Crippen LogP contribution in [0.1, 0.15) is 25.6 Å².